The van der Waals surface area contributed by atoms with E-state index in [0.29, 0.717) is 41.5 Å². The van der Waals surface area contributed by atoms with Gasteiger partial charge in [-0.05, 0) is 30.8 Å². The molecule has 0 radical (unpaired) electrons. The van der Waals surface area contributed by atoms with Gasteiger partial charge in [0.25, 0.3) is 5.56 Å². The Morgan fingerprint density at radius 3 is 2.90 bits per heavy atom. The number of thiophene rings is 1. The third kappa shape index (κ3) is 3.59. The predicted octanol–water partition coefficient (Wildman–Crippen LogP) is 3.91. The fourth-order valence-corrected chi connectivity index (χ4v) is 4.59. The first-order valence-corrected chi connectivity index (χ1v) is 10.7. The highest BCUT2D eigenvalue weighted by Crippen LogP contribution is 2.32. The van der Waals surface area contributed by atoms with Crippen LogP contribution >= 0.6 is 11.3 Å². The summed E-state index contributed by atoms with van der Waals surface area (Å²) in [5.74, 6) is 2.85. The van der Waals surface area contributed by atoms with E-state index in [2.05, 4.69) is 16.8 Å². The Kier molecular flexibility index (Phi) is 5.02. The SMILES string of the molecule is CCN(Cc1nc2scc(-c3ccco3)c2c(=O)[nH]1)CC1COc2ccccc2O1. The van der Waals surface area contributed by atoms with Gasteiger partial charge < -0.3 is 18.9 Å². The molecule has 1 aliphatic heterocycles. The molecular formula is C22H21N3O4S. The molecule has 30 heavy (non-hydrogen) atoms. The van der Waals surface area contributed by atoms with Gasteiger partial charge in [-0.3, -0.25) is 9.69 Å². The number of likely N-dealkylation sites (N-methyl/N-ethyl adjacent to an activating group) is 1. The normalized spacial score (nSPS) is 15.7. The van der Waals surface area contributed by atoms with Crippen molar-refractivity contribution < 1.29 is 13.9 Å². The lowest BCUT2D eigenvalue weighted by Gasteiger charge is -2.30. The van der Waals surface area contributed by atoms with Crippen molar-refractivity contribution >= 4 is 21.6 Å². The minimum atomic E-state index is -0.148. The molecule has 7 nitrogen and oxygen atoms in total. The van der Waals surface area contributed by atoms with Crippen molar-refractivity contribution in [2.45, 2.75) is 19.6 Å². The van der Waals surface area contributed by atoms with Crippen LogP contribution in [0.2, 0.25) is 0 Å². The summed E-state index contributed by atoms with van der Waals surface area (Å²) in [6, 6.07) is 11.3. The van der Waals surface area contributed by atoms with E-state index in [1.54, 1.807) is 6.26 Å². The number of fused-ring (bicyclic) bond motifs is 2. The lowest BCUT2D eigenvalue weighted by atomic mass is 10.2. The van der Waals surface area contributed by atoms with Crippen molar-refractivity contribution in [3.63, 3.8) is 0 Å². The van der Waals surface area contributed by atoms with Crippen molar-refractivity contribution in [3.8, 4) is 22.8 Å². The van der Waals surface area contributed by atoms with Crippen LogP contribution in [0.1, 0.15) is 12.7 Å². The molecule has 0 saturated heterocycles. The maximum Gasteiger partial charge on any atom is 0.260 e. The standard InChI is InChI=1S/C22H21N3O4S/c1-2-25(10-14-12-28-17-6-3-4-7-18(17)29-14)11-19-23-21(26)20-15(13-30-22(20)24-19)16-8-5-9-27-16/h3-9,13-14H,2,10-12H2,1H3,(H,23,24,26). The van der Waals surface area contributed by atoms with Crippen LogP contribution in [0, 0.1) is 0 Å². The third-order valence-electron chi connectivity index (χ3n) is 5.13. The molecule has 0 spiro atoms. The maximum absolute atomic E-state index is 12.8. The second-order valence-electron chi connectivity index (χ2n) is 7.14. The van der Waals surface area contributed by atoms with Crippen LogP contribution < -0.4 is 15.0 Å². The van der Waals surface area contributed by atoms with Crippen molar-refractivity contribution in [2.75, 3.05) is 19.7 Å². The molecule has 1 atom stereocenters. The first-order valence-electron chi connectivity index (χ1n) is 9.86. The Hall–Kier alpha value is -3.10. The number of aromatic amines is 1. The van der Waals surface area contributed by atoms with Gasteiger partial charge in [0.15, 0.2) is 11.5 Å². The number of rotatable bonds is 6. The van der Waals surface area contributed by atoms with Crippen LogP contribution in [-0.2, 0) is 6.54 Å². The Morgan fingerprint density at radius 1 is 1.23 bits per heavy atom. The summed E-state index contributed by atoms with van der Waals surface area (Å²) in [5.41, 5.74) is 0.629. The summed E-state index contributed by atoms with van der Waals surface area (Å²) < 4.78 is 17.3. The molecule has 4 heterocycles. The van der Waals surface area contributed by atoms with Gasteiger partial charge in [-0.1, -0.05) is 19.1 Å². The van der Waals surface area contributed by atoms with Crippen LogP contribution in [-0.4, -0.2) is 40.7 Å². The van der Waals surface area contributed by atoms with Crippen LogP contribution in [0.5, 0.6) is 11.5 Å². The van der Waals surface area contributed by atoms with E-state index >= 15 is 0 Å². The Bertz CT molecular complexity index is 1210. The number of H-pyrrole nitrogens is 1. The summed E-state index contributed by atoms with van der Waals surface area (Å²) in [4.78, 5) is 23.3. The monoisotopic (exact) mass is 423 g/mol. The molecule has 1 unspecified atom stereocenters. The highest BCUT2D eigenvalue weighted by atomic mass is 32.1. The number of aromatic nitrogens is 2. The van der Waals surface area contributed by atoms with E-state index in [4.69, 9.17) is 18.9 Å². The van der Waals surface area contributed by atoms with Crippen molar-refractivity contribution in [2.24, 2.45) is 0 Å². The second kappa shape index (κ2) is 7.97. The minimum absolute atomic E-state index is 0.0809. The first-order chi connectivity index (χ1) is 14.7. The van der Waals surface area contributed by atoms with Gasteiger partial charge in [-0.25, -0.2) is 4.98 Å². The highest BCUT2D eigenvalue weighted by Gasteiger charge is 2.23. The molecule has 0 fully saturated rings. The van der Waals surface area contributed by atoms with Crippen LogP contribution in [0.15, 0.2) is 57.3 Å². The molecule has 0 bridgehead atoms. The maximum atomic E-state index is 12.8. The van der Waals surface area contributed by atoms with Crippen molar-refractivity contribution in [1.82, 2.24) is 14.9 Å². The Labute approximate surface area is 176 Å². The van der Waals surface area contributed by atoms with Crippen molar-refractivity contribution in [3.05, 3.63) is 64.2 Å². The predicted molar refractivity (Wildman–Crippen MR) is 115 cm³/mol. The summed E-state index contributed by atoms with van der Waals surface area (Å²) in [6.07, 6.45) is 1.52. The molecule has 0 saturated carbocycles. The number of nitrogens with one attached hydrogen (secondary N) is 1. The van der Waals surface area contributed by atoms with E-state index in [9.17, 15) is 4.79 Å². The summed E-state index contributed by atoms with van der Waals surface area (Å²) >= 11 is 1.45. The smallest absolute Gasteiger partial charge is 0.260 e. The number of hydrogen-bond donors (Lipinski definition) is 1. The van der Waals surface area contributed by atoms with E-state index in [0.717, 1.165) is 23.6 Å². The second-order valence-corrected chi connectivity index (χ2v) is 8.00. The van der Waals surface area contributed by atoms with Gasteiger partial charge in [0.1, 0.15) is 29.1 Å². The van der Waals surface area contributed by atoms with Gasteiger partial charge in [0.05, 0.1) is 18.2 Å². The largest absolute Gasteiger partial charge is 0.486 e. The van der Waals surface area contributed by atoms with Gasteiger partial charge in [-0.15, -0.1) is 11.3 Å². The van der Waals surface area contributed by atoms with E-state index < -0.39 is 0 Å². The van der Waals surface area contributed by atoms with Gasteiger partial charge in [0.2, 0.25) is 0 Å². The molecule has 5 rings (SSSR count). The van der Waals surface area contributed by atoms with Gasteiger partial charge in [-0.2, -0.15) is 0 Å². The fourth-order valence-electron chi connectivity index (χ4n) is 3.64. The first kappa shape index (κ1) is 18.9. The van der Waals surface area contributed by atoms with E-state index in [1.807, 2.05) is 41.8 Å². The van der Waals surface area contributed by atoms with Crippen LogP contribution in [0.25, 0.3) is 21.5 Å². The average molecular weight is 423 g/mol. The lowest BCUT2D eigenvalue weighted by Crippen LogP contribution is -2.41. The molecule has 8 heteroatoms. The van der Waals surface area contributed by atoms with Crippen LogP contribution in [0.3, 0.4) is 0 Å². The minimum Gasteiger partial charge on any atom is -0.486 e. The number of para-hydroxylation sites is 2. The molecule has 1 N–H and O–H groups in total. The summed E-state index contributed by atoms with van der Waals surface area (Å²) in [5, 5.41) is 2.49. The van der Waals surface area contributed by atoms with Gasteiger partial charge >= 0.3 is 0 Å². The zero-order chi connectivity index (χ0) is 20.5. The molecular weight excluding hydrogens is 402 g/mol. The van der Waals surface area contributed by atoms with E-state index in [1.165, 1.54) is 11.3 Å². The molecule has 4 aromatic rings. The Morgan fingerprint density at radius 2 is 2.10 bits per heavy atom. The van der Waals surface area contributed by atoms with Gasteiger partial charge in [0, 0.05) is 17.5 Å². The average Bonchev–Trinajstić information content (AvgIpc) is 3.43. The zero-order valence-electron chi connectivity index (χ0n) is 16.5. The Balaban J connectivity index is 1.34. The number of hydrogen-bond acceptors (Lipinski definition) is 7. The summed E-state index contributed by atoms with van der Waals surface area (Å²) in [6.45, 7) is 4.57. The topological polar surface area (TPSA) is 80.6 Å². The van der Waals surface area contributed by atoms with Crippen LogP contribution in [0.4, 0.5) is 0 Å². The number of nitrogens with zero attached hydrogens (tertiary/aromatic N) is 2. The quantitative estimate of drug-likeness (QED) is 0.507. The number of furan rings is 1. The third-order valence-corrected chi connectivity index (χ3v) is 6.00. The number of ether oxygens (including phenoxy) is 2. The molecule has 1 aliphatic rings. The lowest BCUT2D eigenvalue weighted by molar-refractivity contribution is 0.0573. The molecule has 0 amide bonds. The van der Waals surface area contributed by atoms with E-state index in [-0.39, 0.29) is 11.7 Å². The molecule has 1 aromatic carbocycles. The molecule has 3 aromatic heterocycles. The number of benzene rings is 1. The molecule has 0 aliphatic carbocycles. The van der Waals surface area contributed by atoms with Crippen molar-refractivity contribution in [1.29, 1.82) is 0 Å². The fraction of sp³-hybridized carbons (Fsp3) is 0.273. The molecule has 154 valence electrons. The summed E-state index contributed by atoms with van der Waals surface area (Å²) in [7, 11) is 0. The highest BCUT2D eigenvalue weighted by molar-refractivity contribution is 7.17. The zero-order valence-corrected chi connectivity index (χ0v) is 17.3.